The molecule has 5 N–H and O–H groups in total. The molecule has 5 radical (unpaired) electrons. The van der Waals surface area contributed by atoms with Crippen LogP contribution >= 0.6 is 0 Å². The van der Waals surface area contributed by atoms with E-state index in [9.17, 15) is 48.0 Å². The minimum Gasteiger partial charge on any atom is -0.399 e. The van der Waals surface area contributed by atoms with E-state index < -0.39 is 103 Å². The molecule has 2 heterocycles. The maximum Gasteiger partial charge on any atom is 0.494 e. The number of sulfonamides is 1. The molecule has 3 amide bonds. The smallest absolute Gasteiger partial charge is 0.399 e. The number of aliphatic hydroxyl groups is 5. The summed E-state index contributed by atoms with van der Waals surface area (Å²) in [7, 11) is -4.51. The van der Waals surface area contributed by atoms with Gasteiger partial charge in [0.05, 0.1) is 29.2 Å². The van der Waals surface area contributed by atoms with Crippen LogP contribution in [-0.4, -0.2) is 148 Å². The van der Waals surface area contributed by atoms with Crippen molar-refractivity contribution in [3.05, 3.63) is 24.3 Å². The Morgan fingerprint density at radius 1 is 0.902 bits per heavy atom. The van der Waals surface area contributed by atoms with Gasteiger partial charge in [-0.3, -0.25) is 14.4 Å². The van der Waals surface area contributed by atoms with Crippen molar-refractivity contribution >= 4 is 46.3 Å². The Morgan fingerprint density at radius 3 is 1.88 bits per heavy atom. The van der Waals surface area contributed by atoms with Gasteiger partial charge in [-0.2, -0.15) is 4.31 Å². The van der Waals surface area contributed by atoms with Gasteiger partial charge in [0.2, 0.25) is 15.9 Å². The predicted molar refractivity (Wildman–Crippen MR) is 157 cm³/mol. The van der Waals surface area contributed by atoms with Crippen LogP contribution < -0.4 is 5.46 Å². The minimum absolute atomic E-state index is 0. The molecule has 0 unspecified atom stereocenters. The van der Waals surface area contributed by atoms with Crippen LogP contribution in [0.15, 0.2) is 29.2 Å². The first-order valence-electron chi connectivity index (χ1n) is 14.3. The van der Waals surface area contributed by atoms with E-state index in [4.69, 9.17) is 19.3 Å². The number of hydroxylamine groups is 2. The number of aliphatic hydroxyl groups excluding tert-OH is 5. The standard InChI is InChI=1S/C27H40BN3O14S.5Ac/c1-26(2)27(3,4)45-28(44-26)16-7-6-8-17(11-16)46(41,42)30(14-23(38)43-31-20(35)9-10-21(31)36)13-22(37)29(5)12-18(33)24(39)25(40)19(34)15-32;;;;;/h6-8,11,18-19,24-25,32-34,39-40H,9-10,12-15H2,1-5H3;;;;;/t18-,19+,24+,25+;;;;;/m1...../s1. The zero-order chi connectivity index (χ0) is 34.8. The van der Waals surface area contributed by atoms with E-state index in [2.05, 4.69) is 0 Å². The number of carbonyl (C=O) groups excluding carboxylic acids is 4. The summed E-state index contributed by atoms with van der Waals surface area (Å²) in [6.45, 7) is 3.52. The number of amides is 3. The van der Waals surface area contributed by atoms with Crippen LogP contribution in [0.25, 0.3) is 0 Å². The van der Waals surface area contributed by atoms with Gasteiger partial charge in [0, 0.05) is 247 Å². The van der Waals surface area contributed by atoms with Crippen molar-refractivity contribution < 1.29 is 288 Å². The SMILES string of the molecule is CN(C[C@@H](O)[C@H](O)[C@@H](O)[C@@H](O)CO)C(=O)CN(CC(=O)ON1C(=O)CCC1=O)S(=O)(=O)c1cccc(B2OC(C)(C)C(C)(C)O2)c1.[Ac].[Ac].[Ac].[Ac].[Ac]. The number of hydrogen-bond acceptors (Lipinski definition) is 14. The van der Waals surface area contributed by atoms with E-state index in [0.717, 1.165) is 11.9 Å². The van der Waals surface area contributed by atoms with Gasteiger partial charge in [-0.15, -0.1) is 5.06 Å². The fourth-order valence-electron chi connectivity index (χ4n) is 4.43. The molecule has 0 bridgehead atoms. The quantitative estimate of drug-likeness (QED) is 0.0898. The second-order valence-electron chi connectivity index (χ2n) is 12.1. The molecule has 2 saturated heterocycles. The largest absolute Gasteiger partial charge is 0.494 e. The van der Waals surface area contributed by atoms with Gasteiger partial charge >= 0.3 is 13.1 Å². The number of hydrogen-bond donors (Lipinski definition) is 5. The molecule has 17 nitrogen and oxygen atoms in total. The fraction of sp³-hybridized carbons (Fsp3) is 0.630. The van der Waals surface area contributed by atoms with E-state index in [1.165, 1.54) is 18.2 Å². The summed E-state index contributed by atoms with van der Waals surface area (Å²) in [6.07, 6.45) is -8.02. The first kappa shape index (κ1) is 59.5. The summed E-state index contributed by atoms with van der Waals surface area (Å²) < 4.78 is 40.2. The van der Waals surface area contributed by atoms with Crippen LogP contribution in [0.2, 0.25) is 0 Å². The Labute approximate surface area is 476 Å². The number of rotatable bonds is 14. The van der Waals surface area contributed by atoms with E-state index in [1.807, 2.05) is 27.7 Å². The Hall–Kier alpha value is 4.20. The van der Waals surface area contributed by atoms with Gasteiger partial charge in [-0.25, -0.2) is 13.2 Å². The van der Waals surface area contributed by atoms with Crippen molar-refractivity contribution in [1.29, 1.82) is 0 Å². The molecule has 271 valence electrons. The maximum absolute atomic E-state index is 13.9. The van der Waals surface area contributed by atoms with E-state index in [-0.39, 0.29) is 243 Å². The van der Waals surface area contributed by atoms with Gasteiger partial charge < -0.3 is 44.6 Å². The second kappa shape index (κ2) is 25.7. The van der Waals surface area contributed by atoms with E-state index in [1.54, 1.807) is 6.07 Å². The van der Waals surface area contributed by atoms with Crippen molar-refractivity contribution in [1.82, 2.24) is 14.3 Å². The minimum atomic E-state index is -4.70. The van der Waals surface area contributed by atoms with Crippen molar-refractivity contribution in [2.24, 2.45) is 0 Å². The van der Waals surface area contributed by atoms with Crippen LogP contribution in [0.5, 0.6) is 0 Å². The van der Waals surface area contributed by atoms with Crippen molar-refractivity contribution in [2.45, 2.75) is 81.1 Å². The van der Waals surface area contributed by atoms with Gasteiger partial charge in [0.25, 0.3) is 11.8 Å². The number of likely N-dealkylation sites (N-methyl/N-ethyl adjacent to an activating group) is 1. The second-order valence-corrected chi connectivity index (χ2v) is 14.0. The number of nitrogens with zero attached hydrogens (tertiary/aromatic N) is 3. The summed E-state index contributed by atoms with van der Waals surface area (Å²) >= 11 is 0. The third kappa shape index (κ3) is 16.0. The van der Waals surface area contributed by atoms with Crippen LogP contribution in [0.4, 0.5) is 0 Å². The molecule has 4 atom stereocenters. The molecule has 2 aliphatic rings. The molecule has 51 heavy (non-hydrogen) atoms. The van der Waals surface area contributed by atoms with Crippen LogP contribution in [0.1, 0.15) is 40.5 Å². The number of carbonyl (C=O) groups is 4. The fourth-order valence-corrected chi connectivity index (χ4v) is 5.82. The average Bonchev–Trinajstić information content (AvgIpc) is 3.42. The Bertz CT molecular complexity index is 1420. The Kier molecular flexibility index (Phi) is 30.0. The Morgan fingerprint density at radius 2 is 1.39 bits per heavy atom. The predicted octanol–water partition coefficient (Wildman–Crippen LogP) is -3.52. The summed E-state index contributed by atoms with van der Waals surface area (Å²) in [5.41, 5.74) is -1.16. The molecular formula is C27H40Ac5BN3O14S. The monoisotopic (exact) mass is 1810 g/mol. The third-order valence-electron chi connectivity index (χ3n) is 8.05. The summed E-state index contributed by atoms with van der Waals surface area (Å²) in [5.74, 6) is -3.95. The van der Waals surface area contributed by atoms with Crippen molar-refractivity contribution in [2.75, 3.05) is 33.3 Å². The third-order valence-corrected chi connectivity index (χ3v) is 9.84. The van der Waals surface area contributed by atoms with Crippen LogP contribution in [0.3, 0.4) is 0 Å². The molecule has 1 aromatic carbocycles. The number of imide groups is 1. The summed E-state index contributed by atoms with van der Waals surface area (Å²) in [5, 5.41) is 49.0. The molecular weight excluding hydrogens is 1770 g/mol. The van der Waals surface area contributed by atoms with Crippen molar-refractivity contribution in [3.63, 3.8) is 0 Å². The van der Waals surface area contributed by atoms with Gasteiger partial charge in [-0.05, 0) is 45.3 Å². The topological polar surface area (TPSA) is 241 Å². The van der Waals surface area contributed by atoms with Gasteiger partial charge in [0.15, 0.2) is 0 Å². The van der Waals surface area contributed by atoms with Crippen LogP contribution in [0, 0.1) is 220 Å². The average molecular weight is 1810 g/mol. The van der Waals surface area contributed by atoms with Gasteiger partial charge in [0.1, 0.15) is 31.0 Å². The van der Waals surface area contributed by atoms with E-state index in [0.29, 0.717) is 9.77 Å². The summed E-state index contributed by atoms with van der Waals surface area (Å²) in [4.78, 5) is 55.1. The molecule has 2 aliphatic heterocycles. The van der Waals surface area contributed by atoms with E-state index >= 15 is 0 Å². The zero-order valence-electron chi connectivity index (χ0n) is 29.0. The first-order chi connectivity index (χ1) is 21.2. The van der Waals surface area contributed by atoms with Crippen molar-refractivity contribution in [3.8, 4) is 0 Å². The van der Waals surface area contributed by atoms with Gasteiger partial charge in [-0.1, -0.05) is 12.1 Å². The molecule has 0 saturated carbocycles. The maximum atomic E-state index is 13.9. The normalized spacial score (nSPS) is 18.5. The molecule has 0 spiro atoms. The molecule has 1 aromatic rings. The first-order valence-corrected chi connectivity index (χ1v) is 15.7. The zero-order valence-corrected chi connectivity index (χ0v) is 53.5. The molecule has 0 aliphatic carbocycles. The molecule has 24 heteroatoms. The van der Waals surface area contributed by atoms with Crippen LogP contribution in [-0.2, 0) is 43.3 Å². The molecule has 0 aromatic heterocycles. The molecule has 3 rings (SSSR count). The Balaban J connectivity index is -0.00000461. The molecule has 2 fully saturated rings. The summed E-state index contributed by atoms with van der Waals surface area (Å²) in [6, 6.07) is 5.42. The number of benzene rings is 1.